The molecule has 8 heteroatoms. The van der Waals surface area contributed by atoms with Crippen LogP contribution in [0.15, 0.2) is 0 Å². The van der Waals surface area contributed by atoms with Gasteiger partial charge in [-0.2, -0.15) is 17.0 Å². The zero-order valence-electron chi connectivity index (χ0n) is 10.3. The van der Waals surface area contributed by atoms with E-state index in [9.17, 15) is 13.2 Å². The van der Waals surface area contributed by atoms with Crippen molar-refractivity contribution in [1.82, 2.24) is 13.9 Å². The number of nitrogens with one attached hydrogen (secondary N) is 1. The number of hydrogen-bond acceptors (Lipinski definition) is 4. The monoisotopic (exact) mass is 276 g/mol. The highest BCUT2D eigenvalue weighted by Gasteiger charge is 2.40. The van der Waals surface area contributed by atoms with Crippen molar-refractivity contribution in [3.63, 3.8) is 0 Å². The molecule has 18 heavy (non-hydrogen) atoms. The number of nitrogens with two attached hydrogens (primary N) is 1. The molecule has 0 radical (unpaired) electrons. The fraction of sp³-hybridized carbons (Fsp3) is 0.900. The van der Waals surface area contributed by atoms with Crippen molar-refractivity contribution in [2.24, 2.45) is 5.73 Å². The van der Waals surface area contributed by atoms with Crippen LogP contribution in [0.5, 0.6) is 0 Å². The molecule has 0 aromatic heterocycles. The Morgan fingerprint density at radius 1 is 1.17 bits per heavy atom. The Kier molecular flexibility index (Phi) is 4.21. The molecular formula is C10H20N4O3S. The number of amides is 1. The summed E-state index contributed by atoms with van der Waals surface area (Å²) in [5, 5.41) is 3.16. The van der Waals surface area contributed by atoms with Crippen molar-refractivity contribution in [2.75, 3.05) is 32.7 Å². The summed E-state index contributed by atoms with van der Waals surface area (Å²) in [4.78, 5) is 11.3. The maximum absolute atomic E-state index is 12.5. The van der Waals surface area contributed by atoms with Gasteiger partial charge < -0.3 is 11.1 Å². The summed E-state index contributed by atoms with van der Waals surface area (Å²) in [6, 6.07) is -0.675. The molecule has 2 aliphatic heterocycles. The second kappa shape index (κ2) is 5.52. The molecule has 3 N–H and O–H groups in total. The van der Waals surface area contributed by atoms with E-state index >= 15 is 0 Å². The minimum absolute atomic E-state index is 0.389. The molecule has 2 fully saturated rings. The third kappa shape index (κ3) is 2.66. The molecule has 1 amide bonds. The predicted molar refractivity (Wildman–Crippen MR) is 66.9 cm³/mol. The molecule has 104 valence electrons. The summed E-state index contributed by atoms with van der Waals surface area (Å²) in [6.45, 7) is 2.81. The van der Waals surface area contributed by atoms with Crippen LogP contribution in [0.25, 0.3) is 0 Å². The minimum atomic E-state index is -3.55. The summed E-state index contributed by atoms with van der Waals surface area (Å²) in [7, 11) is -3.55. The molecule has 2 aliphatic rings. The Bertz CT molecular complexity index is 403. The van der Waals surface area contributed by atoms with Crippen LogP contribution in [0.2, 0.25) is 0 Å². The van der Waals surface area contributed by atoms with Crippen molar-refractivity contribution in [2.45, 2.75) is 25.3 Å². The van der Waals surface area contributed by atoms with Gasteiger partial charge in [-0.05, 0) is 25.8 Å². The third-order valence-corrected chi connectivity index (χ3v) is 5.50. The molecule has 2 rings (SSSR count). The van der Waals surface area contributed by atoms with Gasteiger partial charge in [0.15, 0.2) is 0 Å². The van der Waals surface area contributed by atoms with Crippen LogP contribution in [-0.4, -0.2) is 61.7 Å². The molecule has 2 heterocycles. The fourth-order valence-corrected chi connectivity index (χ4v) is 4.37. The first kappa shape index (κ1) is 13.7. The molecular weight excluding hydrogens is 256 g/mol. The smallest absolute Gasteiger partial charge is 0.282 e. The Hall–Kier alpha value is -0.700. The predicted octanol–water partition coefficient (Wildman–Crippen LogP) is -1.52. The van der Waals surface area contributed by atoms with Crippen molar-refractivity contribution >= 4 is 16.1 Å². The fourth-order valence-electron chi connectivity index (χ4n) is 2.50. The van der Waals surface area contributed by atoms with Crippen LogP contribution in [0.3, 0.4) is 0 Å². The zero-order valence-corrected chi connectivity index (χ0v) is 11.2. The molecule has 0 bridgehead atoms. The zero-order chi connectivity index (χ0) is 13.2. The van der Waals surface area contributed by atoms with Crippen molar-refractivity contribution in [3.05, 3.63) is 0 Å². The molecule has 2 saturated heterocycles. The van der Waals surface area contributed by atoms with E-state index in [4.69, 9.17) is 5.73 Å². The van der Waals surface area contributed by atoms with E-state index in [0.29, 0.717) is 39.0 Å². The maximum Gasteiger partial charge on any atom is 0.282 e. The summed E-state index contributed by atoms with van der Waals surface area (Å²) >= 11 is 0. The van der Waals surface area contributed by atoms with Crippen LogP contribution in [0.4, 0.5) is 0 Å². The molecule has 7 nitrogen and oxygen atoms in total. The number of rotatable bonds is 3. The normalized spacial score (nSPS) is 28.1. The summed E-state index contributed by atoms with van der Waals surface area (Å²) in [5.41, 5.74) is 5.27. The molecule has 0 aromatic carbocycles. The minimum Gasteiger partial charge on any atom is -0.368 e. The van der Waals surface area contributed by atoms with E-state index < -0.39 is 22.2 Å². The highest BCUT2D eigenvalue weighted by atomic mass is 32.2. The Labute approximate surface area is 107 Å². The van der Waals surface area contributed by atoms with Crippen LogP contribution in [0.1, 0.15) is 19.3 Å². The summed E-state index contributed by atoms with van der Waals surface area (Å²) in [6.07, 6.45) is 2.01. The van der Waals surface area contributed by atoms with Gasteiger partial charge in [-0.25, -0.2) is 0 Å². The summed E-state index contributed by atoms with van der Waals surface area (Å²) in [5.74, 6) is -0.552. The highest BCUT2D eigenvalue weighted by molar-refractivity contribution is 7.86. The first-order chi connectivity index (χ1) is 8.53. The lowest BCUT2D eigenvalue weighted by Crippen LogP contribution is -2.50. The van der Waals surface area contributed by atoms with Crippen LogP contribution < -0.4 is 11.1 Å². The van der Waals surface area contributed by atoms with E-state index in [1.54, 1.807) is 0 Å². The van der Waals surface area contributed by atoms with Crippen LogP contribution >= 0.6 is 0 Å². The maximum atomic E-state index is 12.5. The van der Waals surface area contributed by atoms with Crippen molar-refractivity contribution in [1.29, 1.82) is 0 Å². The lowest BCUT2D eigenvalue weighted by atomic mass is 10.2. The first-order valence-electron chi connectivity index (χ1n) is 6.30. The third-order valence-electron chi connectivity index (χ3n) is 3.45. The van der Waals surface area contributed by atoms with E-state index in [-0.39, 0.29) is 0 Å². The number of carbonyl (C=O) groups excluding carboxylic acids is 1. The van der Waals surface area contributed by atoms with Gasteiger partial charge in [-0.3, -0.25) is 4.79 Å². The molecule has 0 spiro atoms. The Morgan fingerprint density at radius 2 is 1.94 bits per heavy atom. The average Bonchev–Trinajstić information content (AvgIpc) is 2.65. The molecule has 0 aliphatic carbocycles. The quantitative estimate of drug-likeness (QED) is 0.654. The standard InChI is InChI=1S/C10H20N4O3S/c11-10(15)9-3-1-7-14(9)18(16,17)13-6-2-4-12-5-8-13/h9,12H,1-8H2,(H2,11,15). The van der Waals surface area contributed by atoms with E-state index in [1.165, 1.54) is 8.61 Å². The second-order valence-corrected chi connectivity index (χ2v) is 6.56. The highest BCUT2D eigenvalue weighted by Crippen LogP contribution is 2.23. The average molecular weight is 276 g/mol. The van der Waals surface area contributed by atoms with Gasteiger partial charge in [0.2, 0.25) is 5.91 Å². The second-order valence-electron chi connectivity index (χ2n) is 4.68. The molecule has 0 saturated carbocycles. The van der Waals surface area contributed by atoms with Crippen LogP contribution in [0, 0.1) is 0 Å². The van der Waals surface area contributed by atoms with E-state index in [1.807, 2.05) is 0 Å². The number of nitrogens with zero attached hydrogens (tertiary/aromatic N) is 2. The van der Waals surface area contributed by atoms with Gasteiger partial charge >= 0.3 is 0 Å². The lowest BCUT2D eigenvalue weighted by Gasteiger charge is -2.28. The number of primary amides is 1. The van der Waals surface area contributed by atoms with Gasteiger partial charge in [0, 0.05) is 26.2 Å². The van der Waals surface area contributed by atoms with E-state index in [2.05, 4.69) is 5.32 Å². The number of carbonyl (C=O) groups is 1. The Morgan fingerprint density at radius 3 is 2.67 bits per heavy atom. The van der Waals surface area contributed by atoms with Gasteiger partial charge in [-0.1, -0.05) is 0 Å². The largest absolute Gasteiger partial charge is 0.368 e. The number of hydrogen-bond donors (Lipinski definition) is 2. The Balaban J connectivity index is 2.16. The van der Waals surface area contributed by atoms with Crippen molar-refractivity contribution < 1.29 is 13.2 Å². The first-order valence-corrected chi connectivity index (χ1v) is 7.70. The molecule has 1 unspecified atom stereocenters. The van der Waals surface area contributed by atoms with Crippen LogP contribution in [-0.2, 0) is 15.0 Å². The lowest BCUT2D eigenvalue weighted by molar-refractivity contribution is -0.121. The van der Waals surface area contributed by atoms with Crippen molar-refractivity contribution in [3.8, 4) is 0 Å². The van der Waals surface area contributed by atoms with E-state index in [0.717, 1.165) is 13.0 Å². The topological polar surface area (TPSA) is 95.7 Å². The van der Waals surface area contributed by atoms with Gasteiger partial charge in [-0.15, -0.1) is 0 Å². The van der Waals surface area contributed by atoms with Gasteiger partial charge in [0.05, 0.1) is 0 Å². The van der Waals surface area contributed by atoms with Gasteiger partial charge in [0.1, 0.15) is 6.04 Å². The summed E-state index contributed by atoms with van der Waals surface area (Å²) < 4.78 is 27.7. The molecule has 0 aromatic rings. The molecule has 1 atom stereocenters. The van der Waals surface area contributed by atoms with Gasteiger partial charge in [0.25, 0.3) is 10.2 Å². The SMILES string of the molecule is NC(=O)C1CCCN1S(=O)(=O)N1CCCNCC1.